The van der Waals surface area contributed by atoms with E-state index in [1.807, 2.05) is 55.5 Å². The van der Waals surface area contributed by atoms with Crippen molar-refractivity contribution in [3.8, 4) is 5.75 Å². The molecule has 8 heteroatoms. The van der Waals surface area contributed by atoms with Crippen molar-refractivity contribution in [2.75, 3.05) is 11.4 Å². The summed E-state index contributed by atoms with van der Waals surface area (Å²) in [7, 11) is 1.70. The summed E-state index contributed by atoms with van der Waals surface area (Å²) in [4.78, 5) is 35.6. The number of carbonyl (C=O) groups is 1. The molecule has 1 aromatic heterocycles. The molecule has 1 atom stereocenters. The third kappa shape index (κ3) is 3.96. The number of carbonyl (C=O) groups excluding carboxylic acids is 1. The number of likely N-dealkylation sites (N-methyl/N-ethyl adjacent to an activating group) is 1. The van der Waals surface area contributed by atoms with Crippen molar-refractivity contribution in [1.82, 2.24) is 9.55 Å². The predicted octanol–water partition coefficient (Wildman–Crippen LogP) is 5.19. The fourth-order valence-electron chi connectivity index (χ4n) is 5.27. The minimum Gasteiger partial charge on any atom is -0.506 e. The molecular formula is C30H25ClN4O3. The lowest BCUT2D eigenvalue weighted by Crippen LogP contribution is -2.38. The van der Waals surface area contributed by atoms with E-state index in [-0.39, 0.29) is 17.3 Å². The molecular weight excluding hydrogens is 500 g/mol. The molecule has 0 saturated carbocycles. The van der Waals surface area contributed by atoms with Crippen LogP contribution < -0.4 is 10.6 Å². The first-order valence-electron chi connectivity index (χ1n) is 12.4. The van der Waals surface area contributed by atoms with Crippen molar-refractivity contribution < 1.29 is 9.90 Å². The summed E-state index contributed by atoms with van der Waals surface area (Å²) < 4.78 is 1.54. The van der Waals surface area contributed by atoms with Crippen molar-refractivity contribution in [3.63, 3.8) is 0 Å². The van der Waals surface area contributed by atoms with Gasteiger partial charge >= 0.3 is 5.69 Å². The van der Waals surface area contributed by atoms with E-state index in [1.165, 1.54) is 10.6 Å². The lowest BCUT2D eigenvalue weighted by atomic mass is 9.99. The summed E-state index contributed by atoms with van der Waals surface area (Å²) in [5.74, 6) is -0.292. The number of imidazole rings is 1. The van der Waals surface area contributed by atoms with Crippen LogP contribution >= 0.6 is 11.6 Å². The molecule has 1 amide bonds. The van der Waals surface area contributed by atoms with E-state index in [0.717, 1.165) is 21.9 Å². The van der Waals surface area contributed by atoms with E-state index in [0.29, 0.717) is 46.0 Å². The molecule has 0 aliphatic carbocycles. The summed E-state index contributed by atoms with van der Waals surface area (Å²) in [6.45, 7) is 2.22. The number of aryl methyl sites for hydroxylation is 1. The molecule has 0 saturated heterocycles. The Bertz CT molecular complexity index is 1840. The number of aromatic hydroxyl groups is 1. The van der Waals surface area contributed by atoms with Crippen molar-refractivity contribution >= 4 is 50.7 Å². The van der Waals surface area contributed by atoms with Gasteiger partial charge in [0.25, 0.3) is 5.91 Å². The van der Waals surface area contributed by atoms with Gasteiger partial charge in [-0.05, 0) is 41.5 Å². The number of phenols is 1. The standard InChI is InChI=1S/C30H25ClN4O3/c1-3-35-28-22(15-21(31)16-26(28)36)27(20-10-11-25-23(14-20)33-30(38)34(25)2)32-24(29(35)37)13-17-8-9-18-6-4-5-7-19(18)12-17/h4-12,14-16,24,36H,3,13H2,1-2H3,(H,33,38). The van der Waals surface area contributed by atoms with Crippen LogP contribution in [0.15, 0.2) is 82.6 Å². The third-order valence-electron chi connectivity index (χ3n) is 7.15. The van der Waals surface area contributed by atoms with Crippen LogP contribution in [0.25, 0.3) is 21.8 Å². The zero-order chi connectivity index (χ0) is 26.6. The number of aromatic nitrogens is 2. The van der Waals surface area contributed by atoms with Crippen LogP contribution in [0.2, 0.25) is 5.02 Å². The first kappa shape index (κ1) is 24.0. The molecule has 5 aromatic rings. The minimum atomic E-state index is -0.734. The molecule has 1 unspecified atom stereocenters. The van der Waals surface area contributed by atoms with Crippen LogP contribution in [0, 0.1) is 0 Å². The number of anilines is 1. The van der Waals surface area contributed by atoms with Gasteiger partial charge < -0.3 is 15.0 Å². The molecule has 6 rings (SSSR count). The number of benzodiazepines with no additional fused rings is 1. The number of aliphatic imine (C=N–C) groups is 1. The Kier molecular flexibility index (Phi) is 5.80. The van der Waals surface area contributed by atoms with Crippen LogP contribution in [0.1, 0.15) is 23.6 Å². The number of amides is 1. The Labute approximate surface area is 223 Å². The Balaban J connectivity index is 1.55. The Morgan fingerprint density at radius 2 is 1.79 bits per heavy atom. The summed E-state index contributed by atoms with van der Waals surface area (Å²) in [6.07, 6.45) is 0.385. The maximum Gasteiger partial charge on any atom is 0.326 e. The molecule has 7 nitrogen and oxygen atoms in total. The fourth-order valence-corrected chi connectivity index (χ4v) is 5.48. The summed E-state index contributed by atoms with van der Waals surface area (Å²) in [5, 5.41) is 13.5. The number of benzene rings is 4. The molecule has 0 radical (unpaired) electrons. The van der Waals surface area contributed by atoms with Gasteiger partial charge in [0.15, 0.2) is 0 Å². The number of phenolic OH excluding ortho intramolecular Hbond substituents is 1. The Morgan fingerprint density at radius 1 is 1.00 bits per heavy atom. The van der Waals surface area contributed by atoms with Crippen molar-refractivity contribution in [2.24, 2.45) is 12.0 Å². The van der Waals surface area contributed by atoms with E-state index in [2.05, 4.69) is 17.1 Å². The number of H-pyrrole nitrogens is 1. The molecule has 2 N–H and O–H groups in total. The zero-order valence-corrected chi connectivity index (χ0v) is 21.7. The van der Waals surface area contributed by atoms with Gasteiger partial charge in [-0.1, -0.05) is 60.1 Å². The van der Waals surface area contributed by atoms with Gasteiger partial charge in [0.2, 0.25) is 0 Å². The smallest absolute Gasteiger partial charge is 0.326 e. The van der Waals surface area contributed by atoms with E-state index >= 15 is 0 Å². The number of hydrogen-bond donors (Lipinski definition) is 2. The molecule has 1 aliphatic rings. The molecule has 0 fully saturated rings. The SMILES string of the molecule is CCN1C(=O)C(Cc2ccc3ccccc3c2)N=C(c2ccc3c(c2)[nH]c(=O)n3C)c2cc(Cl)cc(O)c21. The fraction of sp³-hybridized carbons (Fsp3) is 0.167. The number of hydrogen-bond acceptors (Lipinski definition) is 4. The van der Waals surface area contributed by atoms with E-state index < -0.39 is 6.04 Å². The number of nitrogens with one attached hydrogen (secondary N) is 1. The van der Waals surface area contributed by atoms with Crippen LogP contribution in [0.5, 0.6) is 5.75 Å². The van der Waals surface area contributed by atoms with E-state index in [9.17, 15) is 14.7 Å². The first-order chi connectivity index (χ1) is 18.3. The second-order valence-corrected chi connectivity index (χ2v) is 9.94. The number of aromatic amines is 1. The lowest BCUT2D eigenvalue weighted by molar-refractivity contribution is -0.119. The number of fused-ring (bicyclic) bond motifs is 3. The zero-order valence-electron chi connectivity index (χ0n) is 20.9. The molecule has 4 aromatic carbocycles. The lowest BCUT2D eigenvalue weighted by Gasteiger charge is -2.24. The molecule has 2 heterocycles. The van der Waals surface area contributed by atoms with E-state index in [1.54, 1.807) is 18.0 Å². The molecule has 0 bridgehead atoms. The van der Waals surface area contributed by atoms with Crippen LogP contribution in [-0.4, -0.2) is 38.9 Å². The first-order valence-corrected chi connectivity index (χ1v) is 12.8. The molecule has 38 heavy (non-hydrogen) atoms. The summed E-state index contributed by atoms with van der Waals surface area (Å²) in [6, 6.07) is 22.2. The highest BCUT2D eigenvalue weighted by atomic mass is 35.5. The highest BCUT2D eigenvalue weighted by molar-refractivity contribution is 6.32. The Morgan fingerprint density at radius 3 is 2.58 bits per heavy atom. The van der Waals surface area contributed by atoms with Gasteiger partial charge in [0.1, 0.15) is 11.8 Å². The molecule has 0 spiro atoms. The maximum absolute atomic E-state index is 13.9. The summed E-state index contributed by atoms with van der Waals surface area (Å²) in [5.41, 5.74) is 4.34. The maximum atomic E-state index is 13.9. The highest BCUT2D eigenvalue weighted by Gasteiger charge is 2.33. The average Bonchev–Trinajstić information content (AvgIpc) is 3.13. The molecule has 1 aliphatic heterocycles. The summed E-state index contributed by atoms with van der Waals surface area (Å²) >= 11 is 6.39. The quantitative estimate of drug-likeness (QED) is 0.339. The van der Waals surface area contributed by atoms with Gasteiger partial charge in [0, 0.05) is 42.2 Å². The monoisotopic (exact) mass is 524 g/mol. The second kappa shape index (κ2) is 9.19. The largest absolute Gasteiger partial charge is 0.506 e. The Hall–Kier alpha value is -4.36. The highest BCUT2D eigenvalue weighted by Crippen LogP contribution is 2.39. The van der Waals surface area contributed by atoms with Crippen LogP contribution in [-0.2, 0) is 18.3 Å². The predicted molar refractivity (Wildman–Crippen MR) is 152 cm³/mol. The number of halogens is 1. The van der Waals surface area contributed by atoms with Gasteiger partial charge in [-0.25, -0.2) is 4.79 Å². The minimum absolute atomic E-state index is 0.0871. The number of rotatable bonds is 4. The van der Waals surface area contributed by atoms with Gasteiger partial charge in [0.05, 0.1) is 22.4 Å². The van der Waals surface area contributed by atoms with Gasteiger partial charge in [-0.2, -0.15) is 0 Å². The topological polar surface area (TPSA) is 90.7 Å². The van der Waals surface area contributed by atoms with Crippen molar-refractivity contribution in [3.05, 3.63) is 105 Å². The second-order valence-electron chi connectivity index (χ2n) is 9.50. The number of nitrogens with zero attached hydrogens (tertiary/aromatic N) is 3. The molecule has 190 valence electrons. The van der Waals surface area contributed by atoms with Crippen molar-refractivity contribution in [1.29, 1.82) is 0 Å². The van der Waals surface area contributed by atoms with Crippen LogP contribution in [0.4, 0.5) is 5.69 Å². The third-order valence-corrected chi connectivity index (χ3v) is 7.37. The average molecular weight is 525 g/mol. The van der Waals surface area contributed by atoms with Crippen molar-refractivity contribution in [2.45, 2.75) is 19.4 Å². The van der Waals surface area contributed by atoms with Crippen LogP contribution in [0.3, 0.4) is 0 Å². The van der Waals surface area contributed by atoms with Gasteiger partial charge in [-0.15, -0.1) is 0 Å². The van der Waals surface area contributed by atoms with Gasteiger partial charge in [-0.3, -0.25) is 14.4 Å². The normalized spacial score (nSPS) is 15.6. The van der Waals surface area contributed by atoms with E-state index in [4.69, 9.17) is 16.6 Å².